The molecule has 30 heavy (non-hydrogen) atoms. The first-order chi connectivity index (χ1) is 14.2. The van der Waals surface area contributed by atoms with E-state index in [4.69, 9.17) is 16.3 Å². The highest BCUT2D eigenvalue weighted by molar-refractivity contribution is 7.98. The van der Waals surface area contributed by atoms with Gasteiger partial charge in [-0.05, 0) is 54.5 Å². The minimum atomic E-state index is -3.66. The maximum atomic E-state index is 12.4. The number of ether oxygens (including phenoxy) is 1. The van der Waals surface area contributed by atoms with Crippen molar-refractivity contribution in [3.05, 3.63) is 58.6 Å². The van der Waals surface area contributed by atoms with Gasteiger partial charge in [0.05, 0.1) is 19.1 Å². The molecule has 0 aliphatic heterocycles. The number of methoxy groups -OCH3 is 1. The molecular formula is C21H27ClN2O4S2. The lowest BCUT2D eigenvalue weighted by molar-refractivity contribution is -0.119. The molecule has 164 valence electrons. The molecule has 0 aromatic heterocycles. The molecular weight excluding hydrogens is 444 g/mol. The van der Waals surface area contributed by atoms with Gasteiger partial charge in [0.2, 0.25) is 15.9 Å². The molecule has 0 aliphatic carbocycles. The monoisotopic (exact) mass is 470 g/mol. The van der Waals surface area contributed by atoms with Gasteiger partial charge in [0, 0.05) is 17.3 Å². The molecule has 9 heteroatoms. The van der Waals surface area contributed by atoms with Gasteiger partial charge >= 0.3 is 0 Å². The Morgan fingerprint density at radius 1 is 1.20 bits per heavy atom. The topological polar surface area (TPSA) is 75.7 Å². The second-order valence-electron chi connectivity index (χ2n) is 6.83. The number of benzene rings is 2. The molecule has 0 saturated carbocycles. The maximum Gasteiger partial charge on any atom is 0.240 e. The van der Waals surface area contributed by atoms with Crippen molar-refractivity contribution in [3.8, 4) is 5.75 Å². The Kier molecular flexibility index (Phi) is 9.33. The summed E-state index contributed by atoms with van der Waals surface area (Å²) >= 11 is 7.64. The van der Waals surface area contributed by atoms with Crippen molar-refractivity contribution in [1.82, 2.24) is 5.32 Å². The molecule has 0 heterocycles. The number of rotatable bonds is 11. The van der Waals surface area contributed by atoms with Crippen LogP contribution in [0.2, 0.25) is 5.02 Å². The van der Waals surface area contributed by atoms with E-state index in [1.807, 2.05) is 37.3 Å². The van der Waals surface area contributed by atoms with Crippen LogP contribution in [0, 0.1) is 6.92 Å². The van der Waals surface area contributed by atoms with E-state index in [1.54, 1.807) is 23.9 Å². The van der Waals surface area contributed by atoms with Crippen LogP contribution in [-0.4, -0.2) is 46.5 Å². The molecule has 2 aromatic rings. The zero-order chi connectivity index (χ0) is 22.1. The van der Waals surface area contributed by atoms with Gasteiger partial charge in [-0.3, -0.25) is 9.10 Å². The number of hydrogen-bond acceptors (Lipinski definition) is 5. The largest absolute Gasteiger partial charge is 0.495 e. The lowest BCUT2D eigenvalue weighted by Crippen LogP contribution is -2.40. The van der Waals surface area contributed by atoms with Crippen molar-refractivity contribution in [2.24, 2.45) is 0 Å². The van der Waals surface area contributed by atoms with Crippen molar-refractivity contribution in [1.29, 1.82) is 0 Å². The highest BCUT2D eigenvalue weighted by atomic mass is 35.5. The SMILES string of the molecule is COc1ccc(C)cc1N(CC(=O)NCCCSCc1ccc(Cl)cc1)S(C)(=O)=O. The Morgan fingerprint density at radius 2 is 1.90 bits per heavy atom. The van der Waals surface area contributed by atoms with E-state index in [2.05, 4.69) is 5.32 Å². The van der Waals surface area contributed by atoms with Gasteiger partial charge in [-0.1, -0.05) is 29.8 Å². The van der Waals surface area contributed by atoms with Gasteiger partial charge in [0.15, 0.2) is 0 Å². The Balaban J connectivity index is 1.84. The van der Waals surface area contributed by atoms with E-state index in [0.717, 1.165) is 39.1 Å². The number of carbonyl (C=O) groups excluding carboxylic acids is 1. The van der Waals surface area contributed by atoms with Gasteiger partial charge in [-0.2, -0.15) is 11.8 Å². The molecule has 2 rings (SSSR count). The van der Waals surface area contributed by atoms with E-state index in [-0.39, 0.29) is 12.5 Å². The minimum Gasteiger partial charge on any atom is -0.495 e. The maximum absolute atomic E-state index is 12.4. The molecule has 0 radical (unpaired) electrons. The molecule has 0 atom stereocenters. The quantitative estimate of drug-likeness (QED) is 0.504. The van der Waals surface area contributed by atoms with Crippen LogP contribution in [0.5, 0.6) is 5.75 Å². The number of aryl methyl sites for hydroxylation is 1. The first-order valence-electron chi connectivity index (χ1n) is 9.42. The van der Waals surface area contributed by atoms with Crippen LogP contribution in [0.15, 0.2) is 42.5 Å². The van der Waals surface area contributed by atoms with E-state index in [0.29, 0.717) is 18.0 Å². The molecule has 0 aliphatic rings. The third kappa shape index (κ3) is 7.74. The molecule has 0 unspecified atom stereocenters. The zero-order valence-electron chi connectivity index (χ0n) is 17.4. The predicted molar refractivity (Wildman–Crippen MR) is 125 cm³/mol. The van der Waals surface area contributed by atoms with Crippen LogP contribution >= 0.6 is 23.4 Å². The summed E-state index contributed by atoms with van der Waals surface area (Å²) in [4.78, 5) is 12.4. The second kappa shape index (κ2) is 11.5. The van der Waals surface area contributed by atoms with Gasteiger partial charge in [0.1, 0.15) is 12.3 Å². The Labute approximate surface area is 188 Å². The summed E-state index contributed by atoms with van der Waals surface area (Å²) in [7, 11) is -2.19. The van der Waals surface area contributed by atoms with Crippen LogP contribution in [-0.2, 0) is 20.6 Å². The van der Waals surface area contributed by atoms with E-state index in [9.17, 15) is 13.2 Å². The van der Waals surface area contributed by atoms with Crippen molar-refractivity contribution < 1.29 is 17.9 Å². The van der Waals surface area contributed by atoms with Crippen molar-refractivity contribution >= 4 is 45.0 Å². The zero-order valence-corrected chi connectivity index (χ0v) is 19.7. The average Bonchev–Trinajstić information content (AvgIpc) is 2.69. The Morgan fingerprint density at radius 3 is 2.53 bits per heavy atom. The number of hydrogen-bond donors (Lipinski definition) is 1. The fourth-order valence-corrected chi connectivity index (χ4v) is 4.63. The van der Waals surface area contributed by atoms with Crippen molar-refractivity contribution in [2.75, 3.05) is 36.5 Å². The summed E-state index contributed by atoms with van der Waals surface area (Å²) < 4.78 is 30.9. The highest BCUT2D eigenvalue weighted by Gasteiger charge is 2.24. The van der Waals surface area contributed by atoms with Crippen molar-refractivity contribution in [2.45, 2.75) is 19.1 Å². The van der Waals surface area contributed by atoms with Crippen LogP contribution in [0.3, 0.4) is 0 Å². The number of thioether (sulfide) groups is 1. The first kappa shape index (κ1) is 24.4. The van der Waals surface area contributed by atoms with Gasteiger partial charge in [-0.15, -0.1) is 0 Å². The average molecular weight is 471 g/mol. The van der Waals surface area contributed by atoms with Crippen LogP contribution in [0.25, 0.3) is 0 Å². The molecule has 0 fully saturated rings. The summed E-state index contributed by atoms with van der Waals surface area (Å²) in [6, 6.07) is 12.9. The normalized spacial score (nSPS) is 11.2. The van der Waals surface area contributed by atoms with E-state index >= 15 is 0 Å². The first-order valence-corrected chi connectivity index (χ1v) is 12.8. The number of halogens is 1. The Hall–Kier alpha value is -1.90. The summed E-state index contributed by atoms with van der Waals surface area (Å²) in [6.45, 7) is 2.04. The van der Waals surface area contributed by atoms with Gasteiger partial charge < -0.3 is 10.1 Å². The van der Waals surface area contributed by atoms with Gasteiger partial charge in [-0.25, -0.2) is 8.42 Å². The van der Waals surface area contributed by atoms with Crippen LogP contribution in [0.4, 0.5) is 5.69 Å². The second-order valence-corrected chi connectivity index (χ2v) is 10.3. The smallest absolute Gasteiger partial charge is 0.240 e. The number of carbonyl (C=O) groups is 1. The standard InChI is InChI=1S/C21H27ClN2O4S2/c1-16-5-10-20(28-2)19(13-16)24(30(3,26)27)14-21(25)23-11-4-12-29-15-17-6-8-18(22)9-7-17/h5-10,13H,4,11-12,14-15H2,1-3H3,(H,23,25). The summed E-state index contributed by atoms with van der Waals surface area (Å²) in [5.41, 5.74) is 2.43. The summed E-state index contributed by atoms with van der Waals surface area (Å²) in [5.74, 6) is 1.80. The van der Waals surface area contributed by atoms with Crippen molar-refractivity contribution in [3.63, 3.8) is 0 Å². The molecule has 1 amide bonds. The van der Waals surface area contributed by atoms with Crippen LogP contribution < -0.4 is 14.4 Å². The van der Waals surface area contributed by atoms with E-state index < -0.39 is 10.0 Å². The summed E-state index contributed by atoms with van der Waals surface area (Å²) in [6.07, 6.45) is 1.87. The van der Waals surface area contributed by atoms with E-state index in [1.165, 1.54) is 12.7 Å². The Bertz CT molecular complexity index is 950. The molecule has 0 spiro atoms. The number of nitrogens with one attached hydrogen (secondary N) is 1. The fourth-order valence-electron chi connectivity index (χ4n) is 2.74. The number of amides is 1. The molecule has 2 aromatic carbocycles. The third-order valence-corrected chi connectivity index (χ3v) is 6.75. The predicted octanol–water partition coefficient (Wildman–Crippen LogP) is 3.86. The minimum absolute atomic E-state index is 0.295. The number of sulfonamides is 1. The van der Waals surface area contributed by atoms with Crippen LogP contribution in [0.1, 0.15) is 17.5 Å². The number of nitrogens with zero attached hydrogens (tertiary/aromatic N) is 1. The van der Waals surface area contributed by atoms with Gasteiger partial charge in [0.25, 0.3) is 0 Å². The molecule has 0 saturated heterocycles. The fraction of sp³-hybridized carbons (Fsp3) is 0.381. The number of anilines is 1. The molecule has 0 bridgehead atoms. The highest BCUT2D eigenvalue weighted by Crippen LogP contribution is 2.30. The summed E-state index contributed by atoms with van der Waals surface area (Å²) in [5, 5.41) is 3.52. The molecule has 1 N–H and O–H groups in total. The lowest BCUT2D eigenvalue weighted by atomic mass is 10.2. The lowest BCUT2D eigenvalue weighted by Gasteiger charge is -2.24. The molecule has 6 nitrogen and oxygen atoms in total. The third-order valence-electron chi connectivity index (χ3n) is 4.26.